The number of amides is 2. The van der Waals surface area contributed by atoms with Crippen LogP contribution in [0.2, 0.25) is 0 Å². The second kappa shape index (κ2) is 6.05. The summed E-state index contributed by atoms with van der Waals surface area (Å²) in [6.07, 6.45) is 0. The molecule has 2 amide bonds. The van der Waals surface area contributed by atoms with E-state index in [1.165, 1.54) is 7.05 Å². The zero-order chi connectivity index (χ0) is 13.7. The second-order valence-electron chi connectivity index (χ2n) is 4.28. The summed E-state index contributed by atoms with van der Waals surface area (Å²) < 4.78 is 0. The Labute approximate surface area is 106 Å². The Balaban J connectivity index is 2.65. The first-order chi connectivity index (χ1) is 8.41. The minimum atomic E-state index is -1.03. The number of aryl methyl sites for hydroxylation is 1. The van der Waals surface area contributed by atoms with Gasteiger partial charge in [0, 0.05) is 7.05 Å². The molecule has 18 heavy (non-hydrogen) atoms. The monoisotopic (exact) mass is 250 g/mol. The van der Waals surface area contributed by atoms with Crippen molar-refractivity contribution in [2.45, 2.75) is 19.9 Å². The third kappa shape index (κ3) is 3.76. The fraction of sp³-hybridized carbons (Fsp3) is 0.385. The number of nitrogens with zero attached hydrogens (tertiary/aromatic N) is 1. The van der Waals surface area contributed by atoms with Gasteiger partial charge < -0.3 is 15.3 Å². The number of carboxylic acids is 1. The summed E-state index contributed by atoms with van der Waals surface area (Å²) in [4.78, 5) is 23.4. The second-order valence-corrected chi connectivity index (χ2v) is 4.28. The van der Waals surface area contributed by atoms with Gasteiger partial charge >= 0.3 is 12.0 Å². The van der Waals surface area contributed by atoms with Crippen LogP contribution in [0.25, 0.3) is 0 Å². The quantitative estimate of drug-likeness (QED) is 0.855. The number of aliphatic carboxylic acids is 1. The summed E-state index contributed by atoms with van der Waals surface area (Å²) in [5.41, 5.74) is 2.11. The lowest BCUT2D eigenvalue weighted by atomic mass is 10.0. The molecule has 0 heterocycles. The first-order valence-corrected chi connectivity index (χ1v) is 5.70. The van der Waals surface area contributed by atoms with Gasteiger partial charge in [-0.15, -0.1) is 0 Å². The van der Waals surface area contributed by atoms with E-state index in [0.29, 0.717) is 0 Å². The van der Waals surface area contributed by atoms with E-state index in [9.17, 15) is 9.59 Å². The molecule has 0 fully saturated rings. The highest BCUT2D eigenvalue weighted by atomic mass is 16.4. The number of hydrogen-bond donors (Lipinski definition) is 2. The van der Waals surface area contributed by atoms with Crippen molar-refractivity contribution < 1.29 is 14.7 Å². The maximum atomic E-state index is 11.7. The molecule has 98 valence electrons. The van der Waals surface area contributed by atoms with Crippen LogP contribution < -0.4 is 5.32 Å². The third-order valence-corrected chi connectivity index (χ3v) is 2.71. The molecule has 1 rings (SSSR count). The van der Waals surface area contributed by atoms with E-state index in [4.69, 9.17) is 5.11 Å². The third-order valence-electron chi connectivity index (χ3n) is 2.71. The predicted molar refractivity (Wildman–Crippen MR) is 68.4 cm³/mol. The smallest absolute Gasteiger partial charge is 0.323 e. The van der Waals surface area contributed by atoms with E-state index in [-0.39, 0.29) is 12.6 Å². The summed E-state index contributed by atoms with van der Waals surface area (Å²) in [5, 5.41) is 11.4. The van der Waals surface area contributed by atoms with Gasteiger partial charge in [0.1, 0.15) is 6.54 Å². The Morgan fingerprint density at radius 2 is 2.00 bits per heavy atom. The number of nitrogens with one attached hydrogen (secondary N) is 1. The van der Waals surface area contributed by atoms with Gasteiger partial charge in [0.05, 0.1) is 6.04 Å². The molecule has 0 saturated heterocycles. The zero-order valence-corrected chi connectivity index (χ0v) is 10.8. The summed E-state index contributed by atoms with van der Waals surface area (Å²) in [5.74, 6) is -1.03. The average molecular weight is 250 g/mol. The molecule has 1 unspecified atom stereocenters. The number of urea groups is 1. The van der Waals surface area contributed by atoms with Crippen LogP contribution in [0.5, 0.6) is 0 Å². The first kappa shape index (κ1) is 14.0. The number of carbonyl (C=O) groups excluding carboxylic acids is 1. The molecule has 0 radical (unpaired) electrons. The van der Waals surface area contributed by atoms with Gasteiger partial charge in [-0.3, -0.25) is 4.79 Å². The van der Waals surface area contributed by atoms with Crippen LogP contribution in [0, 0.1) is 6.92 Å². The van der Waals surface area contributed by atoms with Crippen molar-refractivity contribution in [3.63, 3.8) is 0 Å². The normalized spacial score (nSPS) is 11.7. The number of benzene rings is 1. The largest absolute Gasteiger partial charge is 0.480 e. The SMILES string of the molecule is Cc1ccccc1C(C)NC(=O)N(C)CC(=O)O. The van der Waals surface area contributed by atoms with Crippen LogP contribution in [0.3, 0.4) is 0 Å². The molecule has 5 heteroatoms. The lowest BCUT2D eigenvalue weighted by Crippen LogP contribution is -2.41. The molecule has 0 bridgehead atoms. The first-order valence-electron chi connectivity index (χ1n) is 5.70. The van der Waals surface area contributed by atoms with Crippen LogP contribution in [-0.2, 0) is 4.79 Å². The van der Waals surface area contributed by atoms with Crippen LogP contribution >= 0.6 is 0 Å². The van der Waals surface area contributed by atoms with Crippen LogP contribution in [-0.4, -0.2) is 35.6 Å². The minimum absolute atomic E-state index is 0.157. The van der Waals surface area contributed by atoms with E-state index in [1.807, 2.05) is 38.1 Å². The lowest BCUT2D eigenvalue weighted by Gasteiger charge is -2.21. The molecule has 1 aromatic carbocycles. The zero-order valence-electron chi connectivity index (χ0n) is 10.8. The van der Waals surface area contributed by atoms with Gasteiger partial charge in [-0.05, 0) is 25.0 Å². The van der Waals surface area contributed by atoms with Crippen molar-refractivity contribution >= 4 is 12.0 Å². The molecular weight excluding hydrogens is 232 g/mol. The van der Waals surface area contributed by atoms with E-state index < -0.39 is 12.0 Å². The standard InChI is InChI=1S/C13H18N2O3/c1-9-6-4-5-7-11(9)10(2)14-13(18)15(3)8-12(16)17/h4-7,10H,8H2,1-3H3,(H,14,18)(H,16,17). The molecule has 2 N–H and O–H groups in total. The summed E-state index contributed by atoms with van der Waals surface area (Å²) in [6.45, 7) is 3.53. The van der Waals surface area contributed by atoms with Crippen molar-refractivity contribution in [3.05, 3.63) is 35.4 Å². The van der Waals surface area contributed by atoms with Gasteiger partial charge in [-0.25, -0.2) is 4.79 Å². The van der Waals surface area contributed by atoms with E-state index in [2.05, 4.69) is 5.32 Å². The number of hydrogen-bond acceptors (Lipinski definition) is 2. The molecule has 0 aliphatic carbocycles. The van der Waals surface area contributed by atoms with Crippen molar-refractivity contribution in [1.29, 1.82) is 0 Å². The van der Waals surface area contributed by atoms with Crippen molar-refractivity contribution in [2.75, 3.05) is 13.6 Å². The Kier molecular flexibility index (Phi) is 4.71. The van der Waals surface area contributed by atoms with Crippen molar-refractivity contribution in [3.8, 4) is 0 Å². The summed E-state index contributed by atoms with van der Waals surface area (Å²) in [7, 11) is 1.45. The molecule has 1 aromatic rings. The highest BCUT2D eigenvalue weighted by Gasteiger charge is 2.15. The molecule has 0 aliphatic rings. The van der Waals surface area contributed by atoms with Crippen LogP contribution in [0.15, 0.2) is 24.3 Å². The Morgan fingerprint density at radius 3 is 2.56 bits per heavy atom. The fourth-order valence-corrected chi connectivity index (χ4v) is 1.72. The highest BCUT2D eigenvalue weighted by Crippen LogP contribution is 2.16. The van der Waals surface area contributed by atoms with E-state index >= 15 is 0 Å². The van der Waals surface area contributed by atoms with Gasteiger partial charge in [-0.1, -0.05) is 24.3 Å². The van der Waals surface area contributed by atoms with Gasteiger partial charge in [0.15, 0.2) is 0 Å². The average Bonchev–Trinajstić information content (AvgIpc) is 2.28. The maximum Gasteiger partial charge on any atom is 0.323 e. The molecule has 5 nitrogen and oxygen atoms in total. The molecule has 0 aromatic heterocycles. The van der Waals surface area contributed by atoms with E-state index in [0.717, 1.165) is 16.0 Å². The lowest BCUT2D eigenvalue weighted by molar-refractivity contribution is -0.137. The Bertz CT molecular complexity index is 446. The number of carboxylic acid groups (broad SMARTS) is 1. The number of likely N-dealkylation sites (N-methyl/N-ethyl adjacent to an activating group) is 1. The highest BCUT2D eigenvalue weighted by molar-refractivity contribution is 5.80. The molecule has 0 saturated carbocycles. The number of carbonyl (C=O) groups is 2. The number of rotatable bonds is 4. The van der Waals surface area contributed by atoms with Crippen LogP contribution in [0.4, 0.5) is 4.79 Å². The fourth-order valence-electron chi connectivity index (χ4n) is 1.72. The Morgan fingerprint density at radius 1 is 1.39 bits per heavy atom. The summed E-state index contributed by atoms with van der Waals surface area (Å²) in [6, 6.07) is 7.20. The van der Waals surface area contributed by atoms with E-state index in [1.54, 1.807) is 0 Å². The molecular formula is C13H18N2O3. The van der Waals surface area contributed by atoms with Crippen LogP contribution in [0.1, 0.15) is 24.1 Å². The predicted octanol–water partition coefficient (Wildman–Crippen LogP) is 1.78. The van der Waals surface area contributed by atoms with Gasteiger partial charge in [-0.2, -0.15) is 0 Å². The Hall–Kier alpha value is -2.04. The minimum Gasteiger partial charge on any atom is -0.480 e. The van der Waals surface area contributed by atoms with Gasteiger partial charge in [0.25, 0.3) is 0 Å². The molecule has 0 aliphatic heterocycles. The van der Waals surface area contributed by atoms with Crippen molar-refractivity contribution in [2.24, 2.45) is 0 Å². The molecule has 1 atom stereocenters. The topological polar surface area (TPSA) is 69.6 Å². The van der Waals surface area contributed by atoms with Gasteiger partial charge in [0.2, 0.25) is 0 Å². The maximum absolute atomic E-state index is 11.7. The molecule has 0 spiro atoms. The summed E-state index contributed by atoms with van der Waals surface area (Å²) >= 11 is 0. The van der Waals surface area contributed by atoms with Crippen molar-refractivity contribution in [1.82, 2.24) is 10.2 Å².